The number of benzene rings is 1. The summed E-state index contributed by atoms with van der Waals surface area (Å²) in [7, 11) is 6.11. The lowest BCUT2D eigenvalue weighted by Gasteiger charge is -2.50. The van der Waals surface area contributed by atoms with Gasteiger partial charge in [-0.25, -0.2) is 4.85 Å². The first-order valence-corrected chi connectivity index (χ1v) is 7.52. The van der Waals surface area contributed by atoms with Gasteiger partial charge in [0.2, 0.25) is 5.79 Å². The minimum atomic E-state index is -1.29. The average Bonchev–Trinajstić information content (AvgIpc) is 2.65. The maximum atomic E-state index is 9.72. The summed E-state index contributed by atoms with van der Waals surface area (Å²) in [6.45, 7) is 6.81. The van der Waals surface area contributed by atoms with Gasteiger partial charge in [-0.15, -0.1) is 0 Å². The molecule has 0 bridgehead atoms. The molecule has 1 aliphatic rings. The van der Waals surface area contributed by atoms with Crippen LogP contribution < -0.4 is 0 Å². The minimum absolute atomic E-state index is 0.264. The standard InChI is InChI=1S/C17H23NO6/c1-18-12-8-6-11(7-9-12)17(23-5)16(22-4)15(21-3)14(20-2)13(10-19)24-17/h6-9,13-16,19H,10H2,2-5H3/t13-,14-,15+,16-,17-/m1/s1. The van der Waals surface area contributed by atoms with E-state index in [9.17, 15) is 5.11 Å². The topological polar surface area (TPSA) is 70.7 Å². The molecule has 1 N–H and O–H groups in total. The lowest BCUT2D eigenvalue weighted by Crippen LogP contribution is -2.65. The quantitative estimate of drug-likeness (QED) is 0.793. The maximum Gasteiger partial charge on any atom is 0.224 e. The van der Waals surface area contributed by atoms with Crippen LogP contribution >= 0.6 is 0 Å². The van der Waals surface area contributed by atoms with Crippen LogP contribution in [0.4, 0.5) is 5.69 Å². The van der Waals surface area contributed by atoms with Gasteiger partial charge in [0, 0.05) is 34.0 Å². The van der Waals surface area contributed by atoms with Crippen molar-refractivity contribution in [2.24, 2.45) is 0 Å². The van der Waals surface area contributed by atoms with Crippen LogP contribution in [0.1, 0.15) is 5.56 Å². The first-order chi connectivity index (χ1) is 11.6. The second kappa shape index (κ2) is 8.03. The van der Waals surface area contributed by atoms with E-state index in [1.807, 2.05) is 0 Å². The van der Waals surface area contributed by atoms with Crippen LogP contribution in [0.25, 0.3) is 4.85 Å². The Morgan fingerprint density at radius 3 is 2.12 bits per heavy atom. The van der Waals surface area contributed by atoms with Gasteiger partial charge in [-0.05, 0) is 0 Å². The maximum absolute atomic E-state index is 9.72. The Bertz CT molecular complexity index is 571. The molecule has 1 saturated heterocycles. The Morgan fingerprint density at radius 2 is 1.71 bits per heavy atom. The third kappa shape index (κ3) is 3.05. The van der Waals surface area contributed by atoms with E-state index in [4.69, 9.17) is 30.3 Å². The summed E-state index contributed by atoms with van der Waals surface area (Å²) in [6, 6.07) is 6.85. The number of aliphatic hydroxyl groups is 1. The fourth-order valence-electron chi connectivity index (χ4n) is 3.22. The highest BCUT2D eigenvalue weighted by atomic mass is 16.7. The summed E-state index contributed by atoms with van der Waals surface area (Å²) in [5, 5.41) is 9.72. The molecule has 0 amide bonds. The molecule has 0 aliphatic carbocycles. The van der Waals surface area contributed by atoms with Gasteiger partial charge in [0.25, 0.3) is 0 Å². The fraction of sp³-hybridized carbons (Fsp3) is 0.588. The van der Waals surface area contributed by atoms with Gasteiger partial charge in [0.05, 0.1) is 13.2 Å². The van der Waals surface area contributed by atoms with Gasteiger partial charge in [-0.3, -0.25) is 0 Å². The van der Waals surface area contributed by atoms with Crippen molar-refractivity contribution in [2.45, 2.75) is 30.2 Å². The van der Waals surface area contributed by atoms with Crippen molar-refractivity contribution in [3.8, 4) is 0 Å². The fourth-order valence-corrected chi connectivity index (χ4v) is 3.22. The number of nitrogens with zero attached hydrogens (tertiary/aromatic N) is 1. The molecular weight excluding hydrogens is 314 g/mol. The van der Waals surface area contributed by atoms with E-state index in [-0.39, 0.29) is 6.61 Å². The van der Waals surface area contributed by atoms with Crippen LogP contribution in [0.2, 0.25) is 0 Å². The first kappa shape index (κ1) is 18.8. The lowest BCUT2D eigenvalue weighted by atomic mass is 9.87. The molecule has 7 nitrogen and oxygen atoms in total. The van der Waals surface area contributed by atoms with Crippen LogP contribution in [-0.2, 0) is 29.5 Å². The molecule has 0 saturated carbocycles. The van der Waals surface area contributed by atoms with E-state index in [1.165, 1.54) is 21.3 Å². The molecular formula is C17H23NO6. The average molecular weight is 337 g/mol. The van der Waals surface area contributed by atoms with E-state index >= 15 is 0 Å². The Morgan fingerprint density at radius 1 is 1.08 bits per heavy atom. The molecule has 0 aromatic heterocycles. The second-order valence-electron chi connectivity index (χ2n) is 5.43. The summed E-state index contributed by atoms with van der Waals surface area (Å²) in [5.74, 6) is -1.29. The normalized spacial score (nSPS) is 33.2. The zero-order valence-corrected chi connectivity index (χ0v) is 14.3. The smallest absolute Gasteiger partial charge is 0.224 e. The second-order valence-corrected chi connectivity index (χ2v) is 5.43. The number of ether oxygens (including phenoxy) is 5. The number of methoxy groups -OCH3 is 4. The molecule has 7 heteroatoms. The third-order valence-corrected chi connectivity index (χ3v) is 4.37. The Labute approximate surface area is 141 Å². The van der Waals surface area contributed by atoms with Crippen LogP contribution in [0.5, 0.6) is 0 Å². The Kier molecular flexibility index (Phi) is 6.29. The molecule has 0 spiro atoms. The summed E-state index contributed by atoms with van der Waals surface area (Å²) >= 11 is 0. The van der Waals surface area contributed by atoms with Crippen LogP contribution in [0, 0.1) is 6.57 Å². The zero-order valence-electron chi connectivity index (χ0n) is 14.3. The molecule has 1 aromatic rings. The molecule has 1 aliphatic heterocycles. The Balaban J connectivity index is 2.53. The number of rotatable bonds is 6. The predicted molar refractivity (Wildman–Crippen MR) is 85.7 cm³/mol. The van der Waals surface area contributed by atoms with E-state index in [0.717, 1.165) is 0 Å². The molecule has 1 fully saturated rings. The highest BCUT2D eigenvalue weighted by Crippen LogP contribution is 2.42. The molecule has 132 valence electrons. The van der Waals surface area contributed by atoms with Crippen LogP contribution in [0.15, 0.2) is 24.3 Å². The largest absolute Gasteiger partial charge is 0.394 e. The summed E-state index contributed by atoms with van der Waals surface area (Å²) < 4.78 is 28.5. The minimum Gasteiger partial charge on any atom is -0.394 e. The molecule has 0 unspecified atom stereocenters. The van der Waals surface area contributed by atoms with Gasteiger partial charge >= 0.3 is 0 Å². The van der Waals surface area contributed by atoms with Crippen LogP contribution in [0.3, 0.4) is 0 Å². The number of hydrogen-bond donors (Lipinski definition) is 1. The third-order valence-electron chi connectivity index (χ3n) is 4.37. The van der Waals surface area contributed by atoms with E-state index in [1.54, 1.807) is 31.4 Å². The Hall–Kier alpha value is -1.53. The summed E-state index contributed by atoms with van der Waals surface area (Å²) in [4.78, 5) is 3.38. The van der Waals surface area contributed by atoms with Gasteiger partial charge in [0.15, 0.2) is 5.69 Å². The van der Waals surface area contributed by atoms with Crippen molar-refractivity contribution in [1.29, 1.82) is 0 Å². The van der Waals surface area contributed by atoms with E-state index in [0.29, 0.717) is 11.3 Å². The van der Waals surface area contributed by atoms with E-state index in [2.05, 4.69) is 4.85 Å². The lowest BCUT2D eigenvalue weighted by molar-refractivity contribution is -0.374. The van der Waals surface area contributed by atoms with Crippen molar-refractivity contribution >= 4 is 5.69 Å². The van der Waals surface area contributed by atoms with Gasteiger partial charge in [-0.2, -0.15) is 0 Å². The first-order valence-electron chi connectivity index (χ1n) is 7.52. The van der Waals surface area contributed by atoms with Crippen molar-refractivity contribution in [3.63, 3.8) is 0 Å². The molecule has 24 heavy (non-hydrogen) atoms. The van der Waals surface area contributed by atoms with Crippen molar-refractivity contribution in [1.82, 2.24) is 0 Å². The van der Waals surface area contributed by atoms with Gasteiger partial charge < -0.3 is 28.8 Å². The van der Waals surface area contributed by atoms with Crippen molar-refractivity contribution < 1.29 is 28.8 Å². The highest BCUT2D eigenvalue weighted by molar-refractivity contribution is 5.46. The van der Waals surface area contributed by atoms with Crippen molar-refractivity contribution in [3.05, 3.63) is 41.2 Å². The molecule has 5 atom stereocenters. The van der Waals surface area contributed by atoms with E-state index < -0.39 is 30.2 Å². The summed E-state index contributed by atoms with van der Waals surface area (Å²) in [5.41, 5.74) is 1.17. The van der Waals surface area contributed by atoms with Gasteiger partial charge in [-0.1, -0.05) is 24.3 Å². The predicted octanol–water partition coefficient (Wildman–Crippen LogP) is 1.47. The molecule has 0 radical (unpaired) electrons. The summed E-state index contributed by atoms with van der Waals surface area (Å²) in [6.07, 6.45) is -2.34. The number of aliphatic hydroxyl groups excluding tert-OH is 1. The monoisotopic (exact) mass is 337 g/mol. The molecule has 2 rings (SSSR count). The molecule has 1 aromatic carbocycles. The highest BCUT2D eigenvalue weighted by Gasteiger charge is 2.57. The SMILES string of the molecule is [C-]#[N+]c1ccc([C@@]2(OC)O[C@H](CO)[C@@H](OC)[C@H](OC)[C@H]2OC)cc1. The zero-order chi connectivity index (χ0) is 17.7. The number of hydrogen-bond acceptors (Lipinski definition) is 6. The van der Waals surface area contributed by atoms with Crippen LogP contribution in [-0.4, -0.2) is 64.6 Å². The molecule has 1 heterocycles. The van der Waals surface area contributed by atoms with Crippen molar-refractivity contribution in [2.75, 3.05) is 35.0 Å². The van der Waals surface area contributed by atoms with Gasteiger partial charge in [0.1, 0.15) is 24.4 Å².